The smallest absolute Gasteiger partial charge is 0.237 e. The number of sulfone groups is 1. The summed E-state index contributed by atoms with van der Waals surface area (Å²) in [6.45, 7) is 3.04. The maximum atomic E-state index is 13.4. The van der Waals surface area contributed by atoms with Gasteiger partial charge in [-0.2, -0.15) is 0 Å². The first kappa shape index (κ1) is 19.6. The van der Waals surface area contributed by atoms with Crippen molar-refractivity contribution < 1.29 is 17.9 Å². The lowest BCUT2D eigenvalue weighted by Crippen LogP contribution is -2.52. The van der Waals surface area contributed by atoms with Crippen LogP contribution in [-0.2, 0) is 19.4 Å². The molecule has 2 heterocycles. The molecule has 0 bridgehead atoms. The molecule has 0 aromatic carbocycles. The van der Waals surface area contributed by atoms with E-state index in [1.165, 1.54) is 19.3 Å². The van der Waals surface area contributed by atoms with Gasteiger partial charge in [-0.3, -0.25) is 9.69 Å². The summed E-state index contributed by atoms with van der Waals surface area (Å²) < 4.78 is 29.6. The van der Waals surface area contributed by atoms with Gasteiger partial charge in [-0.25, -0.2) is 8.42 Å². The van der Waals surface area contributed by atoms with Crippen LogP contribution in [0.1, 0.15) is 57.8 Å². The maximum Gasteiger partial charge on any atom is 0.237 e. The molecule has 27 heavy (non-hydrogen) atoms. The molecule has 4 fully saturated rings. The van der Waals surface area contributed by atoms with Crippen LogP contribution in [-0.4, -0.2) is 80.1 Å². The summed E-state index contributed by atoms with van der Waals surface area (Å²) in [5, 5.41) is 0. The Bertz CT molecular complexity index is 622. The summed E-state index contributed by atoms with van der Waals surface area (Å²) in [7, 11) is -2.99. The lowest BCUT2D eigenvalue weighted by molar-refractivity contribution is -0.138. The zero-order chi connectivity index (χ0) is 18.9. The van der Waals surface area contributed by atoms with Crippen LogP contribution in [0.3, 0.4) is 0 Å². The fraction of sp³-hybridized carbons (Fsp3) is 0.950. The molecule has 4 aliphatic rings. The highest BCUT2D eigenvalue weighted by atomic mass is 32.2. The van der Waals surface area contributed by atoms with E-state index >= 15 is 0 Å². The largest absolute Gasteiger partial charge is 0.381 e. The fourth-order valence-corrected chi connectivity index (χ4v) is 6.87. The number of hydrogen-bond acceptors (Lipinski definition) is 5. The molecule has 0 N–H and O–H groups in total. The normalized spacial score (nSPS) is 31.4. The summed E-state index contributed by atoms with van der Waals surface area (Å²) >= 11 is 0. The van der Waals surface area contributed by atoms with E-state index in [1.807, 2.05) is 4.90 Å². The standard InChI is InChI=1S/C20H34N2O4S/c23-20(13-21(17-6-7-17)12-16-8-10-26-14-16)22(18-4-2-1-3-5-18)19-9-11-27(24,25)15-19/h16-19H,1-15H2. The molecule has 2 saturated carbocycles. The number of rotatable bonds is 7. The van der Waals surface area contributed by atoms with Crippen molar-refractivity contribution in [3.8, 4) is 0 Å². The quantitative estimate of drug-likeness (QED) is 0.655. The van der Waals surface area contributed by atoms with Crippen LogP contribution in [0.5, 0.6) is 0 Å². The minimum Gasteiger partial charge on any atom is -0.381 e. The third-order valence-corrected chi connectivity index (χ3v) is 8.53. The van der Waals surface area contributed by atoms with Gasteiger partial charge in [0, 0.05) is 31.3 Å². The Kier molecular flexibility index (Phi) is 6.09. The van der Waals surface area contributed by atoms with Gasteiger partial charge < -0.3 is 9.64 Å². The number of ether oxygens (including phenoxy) is 1. The number of carbonyl (C=O) groups excluding carboxylic acids is 1. The first-order chi connectivity index (χ1) is 13.0. The van der Waals surface area contributed by atoms with Gasteiger partial charge in [0.15, 0.2) is 9.84 Å². The Labute approximate surface area is 163 Å². The van der Waals surface area contributed by atoms with E-state index in [9.17, 15) is 13.2 Å². The molecule has 2 saturated heterocycles. The molecule has 154 valence electrons. The van der Waals surface area contributed by atoms with Crippen molar-refractivity contribution in [1.82, 2.24) is 9.80 Å². The number of carbonyl (C=O) groups is 1. The molecule has 2 atom stereocenters. The third-order valence-electron chi connectivity index (χ3n) is 6.78. The summed E-state index contributed by atoms with van der Waals surface area (Å²) in [4.78, 5) is 17.8. The Morgan fingerprint density at radius 3 is 2.30 bits per heavy atom. The van der Waals surface area contributed by atoms with Gasteiger partial charge in [-0.15, -0.1) is 0 Å². The van der Waals surface area contributed by atoms with Gasteiger partial charge in [0.25, 0.3) is 0 Å². The van der Waals surface area contributed by atoms with Crippen molar-refractivity contribution in [1.29, 1.82) is 0 Å². The van der Waals surface area contributed by atoms with Crippen molar-refractivity contribution >= 4 is 15.7 Å². The monoisotopic (exact) mass is 398 g/mol. The molecule has 7 heteroatoms. The Morgan fingerprint density at radius 2 is 1.70 bits per heavy atom. The average molecular weight is 399 g/mol. The van der Waals surface area contributed by atoms with Crippen LogP contribution in [0.25, 0.3) is 0 Å². The topological polar surface area (TPSA) is 66.9 Å². The van der Waals surface area contributed by atoms with E-state index in [-0.39, 0.29) is 29.5 Å². The molecular weight excluding hydrogens is 364 g/mol. The molecule has 1 amide bonds. The lowest BCUT2D eigenvalue weighted by atomic mass is 9.92. The molecule has 0 aromatic heterocycles. The molecule has 0 spiro atoms. The molecule has 6 nitrogen and oxygen atoms in total. The maximum absolute atomic E-state index is 13.4. The minimum absolute atomic E-state index is 0.110. The van der Waals surface area contributed by atoms with Crippen molar-refractivity contribution in [3.05, 3.63) is 0 Å². The van der Waals surface area contributed by atoms with Crippen LogP contribution in [0.15, 0.2) is 0 Å². The second-order valence-corrected chi connectivity index (χ2v) is 11.3. The summed E-state index contributed by atoms with van der Waals surface area (Å²) in [6.07, 6.45) is 9.67. The first-order valence-electron chi connectivity index (χ1n) is 10.9. The zero-order valence-electron chi connectivity index (χ0n) is 16.4. The average Bonchev–Trinajstić information content (AvgIpc) is 3.26. The van der Waals surface area contributed by atoms with E-state index in [4.69, 9.17) is 4.74 Å². The van der Waals surface area contributed by atoms with Crippen LogP contribution in [0.2, 0.25) is 0 Å². The third kappa shape index (κ3) is 5.04. The molecule has 2 unspecified atom stereocenters. The van der Waals surface area contributed by atoms with Crippen LogP contribution in [0, 0.1) is 5.92 Å². The fourth-order valence-electron chi connectivity index (χ4n) is 5.16. The predicted octanol–water partition coefficient (Wildman–Crippen LogP) is 1.84. The van der Waals surface area contributed by atoms with E-state index in [2.05, 4.69) is 4.90 Å². The highest BCUT2D eigenvalue weighted by molar-refractivity contribution is 7.91. The van der Waals surface area contributed by atoms with Crippen molar-refractivity contribution in [2.75, 3.05) is 37.8 Å². The molecule has 2 aliphatic carbocycles. The predicted molar refractivity (Wildman–Crippen MR) is 104 cm³/mol. The van der Waals surface area contributed by atoms with Gasteiger partial charge in [0.05, 0.1) is 24.7 Å². The van der Waals surface area contributed by atoms with Crippen molar-refractivity contribution in [3.63, 3.8) is 0 Å². The second kappa shape index (κ2) is 8.37. The summed E-state index contributed by atoms with van der Waals surface area (Å²) in [5.41, 5.74) is 0. The highest BCUT2D eigenvalue weighted by Gasteiger charge is 2.40. The zero-order valence-corrected chi connectivity index (χ0v) is 17.2. The van der Waals surface area contributed by atoms with Gasteiger partial charge in [0.2, 0.25) is 5.91 Å². The van der Waals surface area contributed by atoms with Crippen molar-refractivity contribution in [2.24, 2.45) is 5.92 Å². The second-order valence-electron chi connectivity index (χ2n) is 9.04. The minimum atomic E-state index is -2.99. The molecular formula is C20H34N2O4S. The van der Waals surface area contributed by atoms with Crippen LogP contribution < -0.4 is 0 Å². The molecule has 2 aliphatic heterocycles. The number of amides is 1. The summed E-state index contributed by atoms with van der Waals surface area (Å²) in [5.74, 6) is 1.10. The van der Waals surface area contributed by atoms with E-state index < -0.39 is 9.84 Å². The van der Waals surface area contributed by atoms with E-state index in [0.717, 1.165) is 51.9 Å². The molecule has 4 rings (SSSR count). The SMILES string of the molecule is O=C(CN(CC1CCOC1)C1CC1)N(C1CCCCC1)C1CCS(=O)(=O)C1. The Hall–Kier alpha value is -0.660. The van der Waals surface area contributed by atoms with Gasteiger partial charge in [-0.05, 0) is 44.4 Å². The van der Waals surface area contributed by atoms with E-state index in [1.54, 1.807) is 0 Å². The van der Waals surface area contributed by atoms with Gasteiger partial charge >= 0.3 is 0 Å². The number of hydrogen-bond donors (Lipinski definition) is 0. The molecule has 0 aromatic rings. The number of nitrogens with zero attached hydrogens (tertiary/aromatic N) is 2. The van der Waals surface area contributed by atoms with Crippen LogP contribution >= 0.6 is 0 Å². The summed E-state index contributed by atoms with van der Waals surface area (Å²) in [6, 6.07) is 0.664. The Balaban J connectivity index is 1.45. The van der Waals surface area contributed by atoms with Crippen molar-refractivity contribution in [2.45, 2.75) is 75.9 Å². The van der Waals surface area contributed by atoms with E-state index in [0.29, 0.717) is 24.9 Å². The molecule has 0 radical (unpaired) electrons. The van der Waals surface area contributed by atoms with Gasteiger partial charge in [-0.1, -0.05) is 19.3 Å². The highest BCUT2D eigenvalue weighted by Crippen LogP contribution is 2.31. The van der Waals surface area contributed by atoms with Gasteiger partial charge in [0.1, 0.15) is 0 Å². The Morgan fingerprint density at radius 1 is 0.926 bits per heavy atom. The lowest BCUT2D eigenvalue weighted by Gasteiger charge is -2.39. The van der Waals surface area contributed by atoms with Crippen LogP contribution in [0.4, 0.5) is 0 Å². The first-order valence-corrected chi connectivity index (χ1v) is 12.7.